The van der Waals surface area contributed by atoms with Gasteiger partial charge in [0.25, 0.3) is 0 Å². The molecule has 0 radical (unpaired) electrons. The highest BCUT2D eigenvalue weighted by atomic mass is 19.4. The fourth-order valence-corrected chi connectivity index (χ4v) is 6.57. The van der Waals surface area contributed by atoms with Crippen LogP contribution < -0.4 is 14.5 Å². The number of benzene rings is 1. The first-order chi connectivity index (χ1) is 21.2. The number of nitriles is 1. The van der Waals surface area contributed by atoms with Gasteiger partial charge >= 0.3 is 12.2 Å². The number of alkyl halides is 3. The van der Waals surface area contributed by atoms with E-state index >= 15 is 0 Å². The number of carbonyl (C=O) groups excluding carboxylic acids is 1. The van der Waals surface area contributed by atoms with Crippen molar-refractivity contribution in [1.29, 1.82) is 5.26 Å². The molecule has 0 aliphatic carbocycles. The predicted molar refractivity (Wildman–Crippen MR) is 157 cm³/mol. The Morgan fingerprint density at radius 2 is 2.05 bits per heavy atom. The van der Waals surface area contributed by atoms with Crippen molar-refractivity contribution in [3.8, 4) is 12.1 Å². The van der Waals surface area contributed by atoms with Crippen molar-refractivity contribution in [2.24, 2.45) is 5.92 Å². The van der Waals surface area contributed by atoms with E-state index in [1.54, 1.807) is 9.80 Å². The number of fused-ring (bicyclic) bond motifs is 2. The maximum Gasteiger partial charge on any atom is 0.418 e. The second kappa shape index (κ2) is 12.0. The molecule has 14 heteroatoms. The molecule has 44 heavy (non-hydrogen) atoms. The molecule has 0 spiro atoms. The topological polar surface area (TPSA) is 118 Å². The fourth-order valence-electron chi connectivity index (χ4n) is 6.57. The van der Waals surface area contributed by atoms with Gasteiger partial charge in [0.05, 0.1) is 60.3 Å². The first-order valence-corrected chi connectivity index (χ1v) is 14.7. The minimum absolute atomic E-state index is 0.0664. The Hall–Kier alpha value is -4.38. The van der Waals surface area contributed by atoms with Gasteiger partial charge in [-0.05, 0) is 44.6 Å². The maximum absolute atomic E-state index is 14.2. The number of hydrogen-bond acceptors (Lipinski definition) is 9. The second-order valence-electron chi connectivity index (χ2n) is 11.6. The number of piperazine rings is 1. The molecule has 0 bridgehead atoms. The number of ether oxygens (including phenoxy) is 1. The van der Waals surface area contributed by atoms with Crippen LogP contribution in [0.3, 0.4) is 0 Å². The van der Waals surface area contributed by atoms with Gasteiger partial charge in [-0.25, -0.2) is 0 Å². The van der Waals surface area contributed by atoms with Crippen LogP contribution in [0.2, 0.25) is 0 Å². The third-order valence-corrected chi connectivity index (χ3v) is 8.74. The molecule has 2 fully saturated rings. The van der Waals surface area contributed by atoms with Crippen molar-refractivity contribution < 1.29 is 22.7 Å². The minimum Gasteiger partial charge on any atom is -0.463 e. The molecule has 5 heterocycles. The Balaban J connectivity index is 1.36. The molecular formula is C30H34F3N9O2. The van der Waals surface area contributed by atoms with Gasteiger partial charge in [0, 0.05) is 49.6 Å². The summed E-state index contributed by atoms with van der Waals surface area (Å²) in [6.45, 7) is 7.55. The highest BCUT2D eigenvalue weighted by Gasteiger charge is 2.38. The second-order valence-corrected chi connectivity index (χ2v) is 11.6. The highest BCUT2D eigenvalue weighted by Crippen LogP contribution is 2.42. The summed E-state index contributed by atoms with van der Waals surface area (Å²) < 4.78 is 48.8. The number of aromatic amines is 1. The molecule has 1 aromatic carbocycles. The molecule has 2 aromatic heterocycles. The number of aromatic nitrogens is 4. The van der Waals surface area contributed by atoms with E-state index in [0.29, 0.717) is 67.5 Å². The number of carbonyl (C=O) groups is 1. The monoisotopic (exact) mass is 609 g/mol. The Kier molecular flexibility index (Phi) is 8.06. The zero-order valence-corrected chi connectivity index (χ0v) is 24.5. The predicted octanol–water partition coefficient (Wildman–Crippen LogP) is 3.38. The third kappa shape index (κ3) is 5.76. The molecular weight excluding hydrogens is 575 g/mol. The first-order valence-electron chi connectivity index (χ1n) is 14.7. The number of amides is 1. The molecule has 1 unspecified atom stereocenters. The molecule has 3 aliphatic rings. The number of hydrogen-bond donors (Lipinski definition) is 1. The van der Waals surface area contributed by atoms with Crippen LogP contribution in [0.15, 0.2) is 31.0 Å². The van der Waals surface area contributed by atoms with Crippen LogP contribution in [-0.2, 0) is 23.9 Å². The van der Waals surface area contributed by atoms with Crippen molar-refractivity contribution in [2.75, 3.05) is 62.7 Å². The van der Waals surface area contributed by atoms with E-state index in [1.807, 2.05) is 4.90 Å². The number of rotatable bonds is 7. The summed E-state index contributed by atoms with van der Waals surface area (Å²) in [6, 6.07) is 4.47. The summed E-state index contributed by atoms with van der Waals surface area (Å²) in [5.41, 5.74) is 1.28. The number of halogens is 3. The van der Waals surface area contributed by atoms with Gasteiger partial charge in [-0.2, -0.15) is 33.5 Å². The Bertz CT molecular complexity index is 1600. The largest absolute Gasteiger partial charge is 0.463 e. The molecule has 1 amide bonds. The summed E-state index contributed by atoms with van der Waals surface area (Å²) in [5.74, 6) is 0.727. The number of nitrogens with zero attached hydrogens (tertiary/aromatic N) is 8. The summed E-state index contributed by atoms with van der Waals surface area (Å²) in [5, 5.41) is 16.6. The van der Waals surface area contributed by atoms with E-state index < -0.39 is 11.7 Å². The van der Waals surface area contributed by atoms with Crippen molar-refractivity contribution in [3.63, 3.8) is 0 Å². The molecule has 11 nitrogen and oxygen atoms in total. The molecule has 2 saturated heterocycles. The lowest BCUT2D eigenvalue weighted by molar-refractivity contribution is -0.137. The van der Waals surface area contributed by atoms with Crippen molar-refractivity contribution in [1.82, 2.24) is 30.0 Å². The zero-order valence-electron chi connectivity index (χ0n) is 24.5. The van der Waals surface area contributed by atoms with Gasteiger partial charge in [0.1, 0.15) is 5.82 Å². The molecule has 3 aromatic rings. The van der Waals surface area contributed by atoms with Crippen LogP contribution in [0.5, 0.6) is 6.01 Å². The van der Waals surface area contributed by atoms with Crippen LogP contribution in [-0.4, -0.2) is 94.8 Å². The number of H-pyrrole nitrogens is 1. The minimum atomic E-state index is -4.56. The van der Waals surface area contributed by atoms with Gasteiger partial charge in [-0.1, -0.05) is 6.58 Å². The van der Waals surface area contributed by atoms with E-state index in [9.17, 15) is 23.2 Å². The quantitative estimate of drug-likeness (QED) is 0.403. The summed E-state index contributed by atoms with van der Waals surface area (Å²) in [7, 11) is 2.06. The zero-order chi connectivity index (χ0) is 31.0. The molecule has 2 atom stereocenters. The van der Waals surface area contributed by atoms with E-state index in [1.165, 1.54) is 18.3 Å². The molecule has 232 valence electrons. The number of likely N-dealkylation sites (tertiary alicyclic amines) is 1. The number of nitrogens with one attached hydrogen (secondary N) is 1. The summed E-state index contributed by atoms with van der Waals surface area (Å²) in [6.07, 6.45) is -0.342. The van der Waals surface area contributed by atoms with Gasteiger partial charge < -0.3 is 24.3 Å². The van der Waals surface area contributed by atoms with Crippen molar-refractivity contribution in [3.05, 3.63) is 47.8 Å². The summed E-state index contributed by atoms with van der Waals surface area (Å²) >= 11 is 0. The molecule has 3 aliphatic heterocycles. The van der Waals surface area contributed by atoms with E-state index in [-0.39, 0.29) is 36.6 Å². The lowest BCUT2D eigenvalue weighted by Crippen LogP contribution is -2.55. The maximum atomic E-state index is 14.2. The van der Waals surface area contributed by atoms with Crippen LogP contribution in [0, 0.1) is 17.2 Å². The van der Waals surface area contributed by atoms with E-state index in [2.05, 4.69) is 34.8 Å². The lowest BCUT2D eigenvalue weighted by atomic mass is 10.00. The fraction of sp³-hybridized carbons (Fsp3) is 0.500. The smallest absolute Gasteiger partial charge is 0.418 e. The van der Waals surface area contributed by atoms with Gasteiger partial charge in [0.2, 0.25) is 5.91 Å². The molecule has 6 rings (SSSR count). The van der Waals surface area contributed by atoms with E-state index in [4.69, 9.17) is 14.7 Å². The van der Waals surface area contributed by atoms with Crippen LogP contribution in [0.4, 0.5) is 24.7 Å². The Morgan fingerprint density at radius 3 is 2.77 bits per heavy atom. The Morgan fingerprint density at radius 1 is 1.20 bits per heavy atom. The van der Waals surface area contributed by atoms with Crippen LogP contribution in [0.25, 0.3) is 10.9 Å². The third-order valence-electron chi connectivity index (χ3n) is 8.74. The Labute approximate surface area is 252 Å². The van der Waals surface area contributed by atoms with E-state index in [0.717, 1.165) is 31.1 Å². The average molecular weight is 610 g/mol. The normalized spacial score (nSPS) is 20.9. The van der Waals surface area contributed by atoms with Gasteiger partial charge in [-0.15, -0.1) is 0 Å². The molecule has 0 saturated carbocycles. The van der Waals surface area contributed by atoms with Crippen molar-refractivity contribution in [2.45, 2.75) is 38.0 Å². The first kappa shape index (κ1) is 29.7. The van der Waals surface area contributed by atoms with Crippen LogP contribution >= 0.6 is 0 Å². The molecule has 1 N–H and O–H groups in total. The average Bonchev–Trinajstić information content (AvgIpc) is 3.66. The van der Waals surface area contributed by atoms with Crippen molar-refractivity contribution >= 4 is 28.3 Å². The summed E-state index contributed by atoms with van der Waals surface area (Å²) in [4.78, 5) is 29.7. The highest BCUT2D eigenvalue weighted by molar-refractivity contribution is 5.94. The van der Waals surface area contributed by atoms with Gasteiger partial charge in [0.15, 0.2) is 0 Å². The SMILES string of the molecule is C=CC(=O)N1CCN(c2nc(OC[C@@H]3CCN(C)C3)nc3c2CCN(c2c(C(F)(F)F)ccc4[nH]ncc24)C3)CC1CC#N. The lowest BCUT2D eigenvalue weighted by Gasteiger charge is -2.42. The van der Waals surface area contributed by atoms with Crippen LogP contribution in [0.1, 0.15) is 29.7 Å². The van der Waals surface area contributed by atoms with Gasteiger partial charge in [-0.3, -0.25) is 9.89 Å². The number of anilines is 2. The standard InChI is InChI=1S/C30H34F3N9O2/c1-3-26(43)42-13-12-41(16-20(42)6-9-34)28-21-8-11-40(27-22-14-35-38-24(22)5-4-23(27)30(31,32)33)17-25(21)36-29(37-28)44-18-19-7-10-39(2)15-19/h3-5,14,19-20H,1,6-8,10-13,15-18H2,2H3,(H,35,38)/t19-,20?/m1/s1.